The van der Waals surface area contributed by atoms with Crippen LogP contribution in [0.5, 0.6) is 0 Å². The molecule has 1 N–H and O–H groups in total. The van der Waals surface area contributed by atoms with Crippen molar-refractivity contribution in [3.63, 3.8) is 0 Å². The number of carbonyl (C=O) groups excluding carboxylic acids is 1. The molecule has 0 fully saturated rings. The van der Waals surface area contributed by atoms with Crippen molar-refractivity contribution in [2.75, 3.05) is 5.32 Å². The number of anilines is 2. The number of amides is 1. The molecule has 0 aromatic carbocycles. The summed E-state index contributed by atoms with van der Waals surface area (Å²) in [5.41, 5.74) is 3.24. The van der Waals surface area contributed by atoms with Crippen molar-refractivity contribution >= 4 is 17.7 Å². The maximum Gasteiger partial charge on any atom is 0.271 e. The van der Waals surface area contributed by atoms with Gasteiger partial charge in [-0.25, -0.2) is 15.0 Å². The lowest BCUT2D eigenvalue weighted by Gasteiger charge is -2.34. The van der Waals surface area contributed by atoms with Crippen LogP contribution in [-0.2, 0) is 27.2 Å². The van der Waals surface area contributed by atoms with Gasteiger partial charge in [0.05, 0.1) is 18.4 Å². The Morgan fingerprint density at radius 3 is 2.70 bits per heavy atom. The van der Waals surface area contributed by atoms with Crippen LogP contribution in [0.2, 0.25) is 0 Å². The van der Waals surface area contributed by atoms with E-state index in [1.165, 1.54) is 0 Å². The first-order valence-electron chi connectivity index (χ1n) is 10.8. The van der Waals surface area contributed by atoms with Gasteiger partial charge in [-0.3, -0.25) is 14.2 Å². The van der Waals surface area contributed by atoms with Gasteiger partial charge < -0.3 is 14.8 Å². The van der Waals surface area contributed by atoms with Gasteiger partial charge >= 0.3 is 0 Å². The molecule has 0 bridgehead atoms. The summed E-state index contributed by atoms with van der Waals surface area (Å²) < 4.78 is 5.46. The number of aryl methyl sites for hydroxylation is 4. The van der Waals surface area contributed by atoms with Crippen LogP contribution >= 0.6 is 0 Å². The number of rotatable bonds is 5. The van der Waals surface area contributed by atoms with E-state index in [2.05, 4.69) is 32.4 Å². The van der Waals surface area contributed by atoms with Gasteiger partial charge in [0.1, 0.15) is 23.2 Å². The van der Waals surface area contributed by atoms with Crippen molar-refractivity contribution in [2.45, 2.75) is 39.9 Å². The Balaban J connectivity index is 1.45. The van der Waals surface area contributed by atoms with Gasteiger partial charge in [0.2, 0.25) is 5.95 Å². The summed E-state index contributed by atoms with van der Waals surface area (Å²) in [5.74, 6) is 2.71. The summed E-state index contributed by atoms with van der Waals surface area (Å²) >= 11 is 0. The van der Waals surface area contributed by atoms with Crippen LogP contribution in [0.4, 0.5) is 11.8 Å². The molecule has 0 aliphatic carbocycles. The number of fused-ring (bicyclic) bond motifs is 1. The highest BCUT2D eigenvalue weighted by atomic mass is 16.2. The molecule has 4 aromatic rings. The minimum atomic E-state index is -0.0272. The Morgan fingerprint density at radius 2 is 2.00 bits per heavy atom. The number of aromatic nitrogens is 8. The maximum atomic E-state index is 13.4. The fourth-order valence-corrected chi connectivity index (χ4v) is 4.18. The van der Waals surface area contributed by atoms with Crippen LogP contribution in [-0.4, -0.2) is 55.9 Å². The first kappa shape index (κ1) is 20.9. The van der Waals surface area contributed by atoms with E-state index < -0.39 is 0 Å². The standard InChI is InChI=1S/C22H26N10O/c1-13-9-23-22(26-18-6-7-24-29(18)4)27-20(13)16-8-17-21(33)32(14(2)10-31(17)11-16)12-19-25-15(3)28-30(19)5/h6-9,11,14H,10,12H2,1-5H3,(H,23,26,27). The predicted octanol–water partition coefficient (Wildman–Crippen LogP) is 2.21. The molecule has 0 spiro atoms. The normalized spacial score (nSPS) is 15.7. The summed E-state index contributed by atoms with van der Waals surface area (Å²) in [6.07, 6.45) is 5.49. The zero-order valence-electron chi connectivity index (χ0n) is 19.3. The van der Waals surface area contributed by atoms with Crippen molar-refractivity contribution < 1.29 is 4.79 Å². The minimum Gasteiger partial charge on any atom is -0.341 e. The zero-order chi connectivity index (χ0) is 23.3. The van der Waals surface area contributed by atoms with E-state index in [-0.39, 0.29) is 11.9 Å². The molecule has 1 aliphatic rings. The third-order valence-corrected chi connectivity index (χ3v) is 5.95. The van der Waals surface area contributed by atoms with E-state index in [1.807, 2.05) is 55.7 Å². The summed E-state index contributed by atoms with van der Waals surface area (Å²) in [7, 11) is 3.70. The summed E-state index contributed by atoms with van der Waals surface area (Å²) in [6.45, 7) is 6.98. The Labute approximate surface area is 191 Å². The van der Waals surface area contributed by atoms with Gasteiger partial charge in [0, 0.05) is 50.7 Å². The number of hydrogen-bond acceptors (Lipinski definition) is 7. The van der Waals surface area contributed by atoms with Crippen molar-refractivity contribution in [3.8, 4) is 11.3 Å². The van der Waals surface area contributed by atoms with Gasteiger partial charge in [-0.1, -0.05) is 0 Å². The van der Waals surface area contributed by atoms with Crippen LogP contribution in [0, 0.1) is 13.8 Å². The van der Waals surface area contributed by atoms with Crippen LogP contribution in [0.15, 0.2) is 30.7 Å². The van der Waals surface area contributed by atoms with Crippen molar-refractivity contribution in [3.05, 3.63) is 53.6 Å². The quantitative estimate of drug-likeness (QED) is 0.500. The smallest absolute Gasteiger partial charge is 0.271 e. The van der Waals surface area contributed by atoms with E-state index in [4.69, 9.17) is 4.98 Å². The first-order chi connectivity index (χ1) is 15.8. The Bertz CT molecular complexity index is 1350. The van der Waals surface area contributed by atoms with E-state index >= 15 is 0 Å². The maximum absolute atomic E-state index is 13.4. The largest absolute Gasteiger partial charge is 0.341 e. The van der Waals surface area contributed by atoms with Crippen molar-refractivity contribution in [1.29, 1.82) is 0 Å². The number of carbonyl (C=O) groups is 1. The molecule has 1 aliphatic heterocycles. The summed E-state index contributed by atoms with van der Waals surface area (Å²) in [6, 6.07) is 3.79. The fraction of sp³-hybridized carbons (Fsp3) is 0.364. The lowest BCUT2D eigenvalue weighted by atomic mass is 10.1. The highest BCUT2D eigenvalue weighted by Gasteiger charge is 2.32. The minimum absolute atomic E-state index is 0.0239. The third kappa shape index (κ3) is 3.75. The van der Waals surface area contributed by atoms with Crippen LogP contribution in [0.25, 0.3) is 11.3 Å². The second-order valence-corrected chi connectivity index (χ2v) is 8.44. The molecule has 0 saturated carbocycles. The Hall–Kier alpha value is -4.02. The van der Waals surface area contributed by atoms with Gasteiger partial charge in [0.25, 0.3) is 5.91 Å². The topological polar surface area (TPSA) is 112 Å². The molecule has 5 rings (SSSR count). The lowest BCUT2D eigenvalue weighted by molar-refractivity contribution is 0.0587. The number of hydrogen-bond donors (Lipinski definition) is 1. The van der Waals surface area contributed by atoms with Crippen LogP contribution in [0.3, 0.4) is 0 Å². The molecule has 1 amide bonds. The van der Waals surface area contributed by atoms with E-state index in [0.717, 1.165) is 28.5 Å². The SMILES string of the molecule is Cc1nc(CN2C(=O)c3cc(-c4nc(Nc5ccnn5C)ncc4C)cn3CC2C)n(C)n1. The van der Waals surface area contributed by atoms with E-state index in [0.29, 0.717) is 30.6 Å². The first-order valence-corrected chi connectivity index (χ1v) is 10.8. The van der Waals surface area contributed by atoms with Gasteiger partial charge in [-0.15, -0.1) is 0 Å². The summed E-state index contributed by atoms with van der Waals surface area (Å²) in [5, 5.41) is 11.6. The molecule has 11 nitrogen and oxygen atoms in total. The average molecular weight is 447 g/mol. The second kappa shape index (κ2) is 7.84. The van der Waals surface area contributed by atoms with Gasteiger partial charge in [0.15, 0.2) is 0 Å². The molecular weight excluding hydrogens is 420 g/mol. The third-order valence-electron chi connectivity index (χ3n) is 5.95. The molecular formula is C22H26N10O. The van der Waals surface area contributed by atoms with E-state index in [9.17, 15) is 4.79 Å². The van der Waals surface area contributed by atoms with E-state index in [1.54, 1.807) is 21.8 Å². The average Bonchev–Trinajstić information content (AvgIpc) is 3.45. The van der Waals surface area contributed by atoms with Gasteiger partial charge in [-0.05, 0) is 32.4 Å². The van der Waals surface area contributed by atoms with Crippen molar-refractivity contribution in [2.24, 2.45) is 14.1 Å². The molecule has 11 heteroatoms. The second-order valence-electron chi connectivity index (χ2n) is 8.44. The molecule has 33 heavy (non-hydrogen) atoms. The molecule has 4 aromatic heterocycles. The Kier molecular flexibility index (Phi) is 4.95. The number of nitrogens with zero attached hydrogens (tertiary/aromatic N) is 9. The molecule has 0 radical (unpaired) electrons. The zero-order valence-corrected chi connectivity index (χ0v) is 19.3. The van der Waals surface area contributed by atoms with Crippen LogP contribution < -0.4 is 5.32 Å². The molecule has 1 atom stereocenters. The molecule has 1 unspecified atom stereocenters. The predicted molar refractivity (Wildman–Crippen MR) is 122 cm³/mol. The molecule has 0 saturated heterocycles. The van der Waals surface area contributed by atoms with Crippen molar-refractivity contribution in [1.82, 2.24) is 44.0 Å². The molecule has 170 valence electrons. The number of nitrogens with one attached hydrogen (secondary N) is 1. The lowest BCUT2D eigenvalue weighted by Crippen LogP contribution is -2.46. The Morgan fingerprint density at radius 1 is 1.18 bits per heavy atom. The highest BCUT2D eigenvalue weighted by molar-refractivity contribution is 5.95. The monoisotopic (exact) mass is 446 g/mol. The highest BCUT2D eigenvalue weighted by Crippen LogP contribution is 2.29. The summed E-state index contributed by atoms with van der Waals surface area (Å²) in [4.78, 5) is 28.8. The molecule has 5 heterocycles. The van der Waals surface area contributed by atoms with Gasteiger partial charge in [-0.2, -0.15) is 10.2 Å². The fourth-order valence-electron chi connectivity index (χ4n) is 4.18. The van der Waals surface area contributed by atoms with Crippen LogP contribution in [0.1, 0.15) is 34.6 Å².